The van der Waals surface area contributed by atoms with E-state index in [-0.39, 0.29) is 31.3 Å². The summed E-state index contributed by atoms with van der Waals surface area (Å²) in [6, 6.07) is 15.1. The number of hydrogen-bond acceptors (Lipinski definition) is 4. The van der Waals surface area contributed by atoms with Crippen molar-refractivity contribution in [3.8, 4) is 11.1 Å². The van der Waals surface area contributed by atoms with Gasteiger partial charge in [0, 0.05) is 18.9 Å². The molecular formula is C27H32N2O5. The van der Waals surface area contributed by atoms with Crippen LogP contribution in [0.2, 0.25) is 0 Å². The van der Waals surface area contributed by atoms with E-state index in [2.05, 4.69) is 36.6 Å². The Morgan fingerprint density at radius 2 is 1.62 bits per heavy atom. The van der Waals surface area contributed by atoms with E-state index in [1.165, 1.54) is 0 Å². The maximum Gasteiger partial charge on any atom is 0.407 e. The number of hydrogen-bond donors (Lipinski definition) is 3. The van der Waals surface area contributed by atoms with Crippen LogP contribution in [0.3, 0.4) is 0 Å². The average Bonchev–Trinajstić information content (AvgIpc) is 3.11. The van der Waals surface area contributed by atoms with Crippen molar-refractivity contribution >= 4 is 18.0 Å². The second kappa shape index (κ2) is 9.87. The van der Waals surface area contributed by atoms with Gasteiger partial charge in [-0.1, -0.05) is 62.4 Å². The summed E-state index contributed by atoms with van der Waals surface area (Å²) in [7, 11) is 0. The molecule has 2 aliphatic carbocycles. The molecular weight excluding hydrogens is 432 g/mol. The number of ether oxygens (including phenoxy) is 1. The van der Waals surface area contributed by atoms with E-state index >= 15 is 0 Å². The number of carbonyl (C=O) groups excluding carboxylic acids is 2. The molecule has 2 aliphatic rings. The number of carboxylic acid groups (broad SMARTS) is 1. The van der Waals surface area contributed by atoms with Gasteiger partial charge in [0.25, 0.3) is 0 Å². The first kappa shape index (κ1) is 23.8. The van der Waals surface area contributed by atoms with Crippen molar-refractivity contribution in [3.05, 3.63) is 59.7 Å². The van der Waals surface area contributed by atoms with E-state index in [4.69, 9.17) is 9.84 Å². The van der Waals surface area contributed by atoms with Crippen LogP contribution in [0.4, 0.5) is 4.79 Å². The number of carboxylic acids is 1. The molecule has 0 bridgehead atoms. The lowest BCUT2D eigenvalue weighted by Crippen LogP contribution is -2.49. The molecule has 3 N–H and O–H groups in total. The van der Waals surface area contributed by atoms with E-state index in [9.17, 15) is 14.4 Å². The normalized spacial score (nSPS) is 17.1. The molecule has 0 aromatic heterocycles. The molecule has 7 heteroatoms. The van der Waals surface area contributed by atoms with Gasteiger partial charge in [-0.2, -0.15) is 0 Å². The van der Waals surface area contributed by atoms with E-state index < -0.39 is 18.1 Å². The van der Waals surface area contributed by atoms with Crippen LogP contribution in [0, 0.1) is 11.3 Å². The highest BCUT2D eigenvalue weighted by Crippen LogP contribution is 2.45. The number of alkyl carbamates (subject to hydrolysis) is 1. The van der Waals surface area contributed by atoms with Gasteiger partial charge in [0.05, 0.1) is 0 Å². The molecule has 34 heavy (non-hydrogen) atoms. The van der Waals surface area contributed by atoms with Crippen molar-refractivity contribution in [2.75, 3.05) is 13.2 Å². The minimum Gasteiger partial charge on any atom is -0.481 e. The number of carbonyl (C=O) groups is 3. The Bertz CT molecular complexity index is 1030. The Kier molecular flexibility index (Phi) is 6.91. The summed E-state index contributed by atoms with van der Waals surface area (Å²) in [5.41, 5.74) is 4.76. The second-order valence-corrected chi connectivity index (χ2v) is 10.1. The minimum atomic E-state index is -1.02. The van der Waals surface area contributed by atoms with Crippen LogP contribution in [-0.4, -0.2) is 42.3 Å². The molecule has 0 heterocycles. The monoisotopic (exact) mass is 464 g/mol. The third-order valence-electron chi connectivity index (χ3n) is 6.85. The summed E-state index contributed by atoms with van der Waals surface area (Å²) in [6.45, 7) is 5.04. The molecule has 0 aliphatic heterocycles. The van der Waals surface area contributed by atoms with E-state index in [1.807, 2.05) is 36.4 Å². The van der Waals surface area contributed by atoms with Crippen molar-refractivity contribution in [1.29, 1.82) is 0 Å². The molecule has 2 amide bonds. The van der Waals surface area contributed by atoms with Gasteiger partial charge in [-0.3, -0.25) is 9.59 Å². The zero-order valence-corrected chi connectivity index (χ0v) is 19.7. The molecule has 1 saturated carbocycles. The summed E-state index contributed by atoms with van der Waals surface area (Å²) in [5, 5.41) is 14.5. The second-order valence-electron chi connectivity index (χ2n) is 10.1. The molecule has 7 nitrogen and oxygen atoms in total. The van der Waals surface area contributed by atoms with Crippen LogP contribution in [0.5, 0.6) is 0 Å². The third kappa shape index (κ3) is 5.41. The van der Waals surface area contributed by atoms with Gasteiger partial charge in [-0.25, -0.2) is 4.79 Å². The van der Waals surface area contributed by atoms with E-state index in [0.29, 0.717) is 17.9 Å². The lowest BCUT2D eigenvalue weighted by Gasteiger charge is -2.42. The maximum atomic E-state index is 12.7. The van der Waals surface area contributed by atoms with Crippen molar-refractivity contribution in [3.63, 3.8) is 0 Å². The van der Waals surface area contributed by atoms with Crippen LogP contribution in [0.25, 0.3) is 11.1 Å². The van der Waals surface area contributed by atoms with Crippen molar-refractivity contribution in [2.24, 2.45) is 11.3 Å². The Morgan fingerprint density at radius 1 is 1.03 bits per heavy atom. The Labute approximate surface area is 199 Å². The van der Waals surface area contributed by atoms with Crippen LogP contribution in [0.15, 0.2) is 48.5 Å². The van der Waals surface area contributed by atoms with Crippen LogP contribution >= 0.6 is 0 Å². The summed E-state index contributed by atoms with van der Waals surface area (Å²) in [5.74, 6) is -1.08. The van der Waals surface area contributed by atoms with E-state index in [0.717, 1.165) is 35.1 Å². The molecule has 0 saturated heterocycles. The summed E-state index contributed by atoms with van der Waals surface area (Å²) in [4.78, 5) is 36.4. The lowest BCUT2D eigenvalue weighted by molar-refractivity contribution is -0.137. The summed E-state index contributed by atoms with van der Waals surface area (Å²) in [6.07, 6.45) is 1.12. The Hall–Kier alpha value is -3.35. The molecule has 2 aromatic carbocycles. The number of aliphatic carboxylic acids is 1. The van der Waals surface area contributed by atoms with Crippen molar-refractivity contribution in [2.45, 2.75) is 51.5 Å². The SMILES string of the molecule is CC1(C)CC(CNC(=O)C(CCC(=O)O)NC(=O)OCC2c3ccccc3-c3ccccc32)C1. The van der Waals surface area contributed by atoms with Gasteiger partial charge in [0.1, 0.15) is 12.6 Å². The third-order valence-corrected chi connectivity index (χ3v) is 6.85. The summed E-state index contributed by atoms with van der Waals surface area (Å²) >= 11 is 0. The van der Waals surface area contributed by atoms with Gasteiger partial charge in [-0.05, 0) is 52.8 Å². The molecule has 4 rings (SSSR count). The standard InChI is InChI=1S/C27H32N2O5/c1-27(2)13-17(14-27)15-28-25(32)23(11-12-24(30)31)29-26(33)34-16-22-20-9-5-3-7-18(20)19-8-4-6-10-21(19)22/h3-10,17,22-23H,11-16H2,1-2H3,(H,28,32)(H,29,33)(H,30,31). The van der Waals surface area contributed by atoms with Crippen molar-refractivity contribution in [1.82, 2.24) is 10.6 Å². The zero-order valence-electron chi connectivity index (χ0n) is 19.7. The first-order valence-electron chi connectivity index (χ1n) is 11.8. The Morgan fingerprint density at radius 3 is 2.18 bits per heavy atom. The van der Waals surface area contributed by atoms with Crippen molar-refractivity contribution < 1.29 is 24.2 Å². The highest BCUT2D eigenvalue weighted by Gasteiger charge is 2.36. The predicted molar refractivity (Wildman–Crippen MR) is 128 cm³/mol. The van der Waals surface area contributed by atoms with Gasteiger partial charge < -0.3 is 20.5 Å². The number of rotatable bonds is 9. The van der Waals surface area contributed by atoms with Crippen LogP contribution in [-0.2, 0) is 14.3 Å². The van der Waals surface area contributed by atoms with Crippen LogP contribution < -0.4 is 10.6 Å². The first-order chi connectivity index (χ1) is 16.2. The fraction of sp³-hybridized carbons (Fsp3) is 0.444. The molecule has 2 aromatic rings. The number of nitrogens with one attached hydrogen (secondary N) is 2. The minimum absolute atomic E-state index is 0.00151. The first-order valence-corrected chi connectivity index (χ1v) is 11.8. The fourth-order valence-electron chi connectivity index (χ4n) is 5.33. The maximum absolute atomic E-state index is 12.7. The summed E-state index contributed by atoms with van der Waals surface area (Å²) < 4.78 is 5.53. The highest BCUT2D eigenvalue weighted by molar-refractivity contribution is 5.86. The lowest BCUT2D eigenvalue weighted by atomic mass is 9.64. The molecule has 1 unspecified atom stereocenters. The molecule has 1 atom stereocenters. The molecule has 0 radical (unpaired) electrons. The fourth-order valence-corrected chi connectivity index (χ4v) is 5.33. The molecule has 180 valence electrons. The smallest absolute Gasteiger partial charge is 0.407 e. The number of benzene rings is 2. The quantitative estimate of drug-likeness (QED) is 0.513. The largest absolute Gasteiger partial charge is 0.481 e. The Balaban J connectivity index is 1.35. The molecule has 0 spiro atoms. The zero-order chi connectivity index (χ0) is 24.3. The van der Waals surface area contributed by atoms with Gasteiger partial charge >= 0.3 is 12.1 Å². The van der Waals surface area contributed by atoms with Gasteiger partial charge in [0.2, 0.25) is 5.91 Å². The average molecular weight is 465 g/mol. The van der Waals surface area contributed by atoms with Crippen LogP contribution in [0.1, 0.15) is 56.6 Å². The molecule has 1 fully saturated rings. The van der Waals surface area contributed by atoms with E-state index in [1.54, 1.807) is 0 Å². The number of amides is 2. The number of fused-ring (bicyclic) bond motifs is 3. The highest BCUT2D eigenvalue weighted by atomic mass is 16.5. The van der Waals surface area contributed by atoms with Gasteiger partial charge in [-0.15, -0.1) is 0 Å². The van der Waals surface area contributed by atoms with Gasteiger partial charge in [0.15, 0.2) is 0 Å². The predicted octanol–water partition coefficient (Wildman–Crippen LogP) is 4.31. The topological polar surface area (TPSA) is 105 Å².